The molecule has 11 nitrogen and oxygen atoms in total. The zero-order valence-electron chi connectivity index (χ0n) is 17.4. The number of anilines is 1. The van der Waals surface area contributed by atoms with Crippen LogP contribution < -0.4 is 5.73 Å². The fraction of sp³-hybridized carbons (Fsp3) is 0.421. The van der Waals surface area contributed by atoms with Crippen molar-refractivity contribution in [3.05, 3.63) is 46.5 Å². The summed E-state index contributed by atoms with van der Waals surface area (Å²) in [5.74, 6) is 0.190. The largest absolute Gasteiger partial charge is 0.387 e. The van der Waals surface area contributed by atoms with Crippen LogP contribution in [-0.4, -0.2) is 61.3 Å². The van der Waals surface area contributed by atoms with Crippen LogP contribution >= 0.6 is 29.9 Å². The molecule has 1 aromatic carbocycles. The molecule has 2 aliphatic heterocycles. The Hall–Kier alpha value is -1.44. The Bertz CT molecular complexity index is 1270. The van der Waals surface area contributed by atoms with E-state index < -0.39 is 37.4 Å². The molecule has 2 saturated heterocycles. The molecular formula is C19H20Cl2N5O6PS. The highest BCUT2D eigenvalue weighted by atomic mass is 35.5. The van der Waals surface area contributed by atoms with Crippen LogP contribution in [-0.2, 0) is 30.1 Å². The summed E-state index contributed by atoms with van der Waals surface area (Å²) in [6.07, 6.45) is -1.70. The number of nitrogens with zero attached hydrogens (tertiary/aromatic N) is 4. The highest BCUT2D eigenvalue weighted by molar-refractivity contribution is 8.07. The van der Waals surface area contributed by atoms with E-state index in [0.717, 1.165) is 0 Å². The van der Waals surface area contributed by atoms with Gasteiger partial charge in [-0.15, -0.1) is 0 Å². The van der Waals surface area contributed by atoms with Crippen molar-refractivity contribution < 1.29 is 28.5 Å². The fourth-order valence-corrected chi connectivity index (χ4v) is 6.39. The standard InChI is InChI=1S/C19H20Cl2N5O6PS/c20-9-1-2-11(21)10(5-9)12-3-4-29-33(34,32-12)30-6-13-15(27)16(28)19(31-13)26-8-25-14-17(22)23-7-24-18(14)26/h1-2,5,7-8,12-13,15-16,19,27-28H,3-4,6H2,(H2,22,23,24)/t12?,13-,15?,16+,19-,33?/m1/s1. The van der Waals surface area contributed by atoms with E-state index in [4.69, 9.17) is 59.1 Å². The summed E-state index contributed by atoms with van der Waals surface area (Å²) in [5.41, 5.74) is 7.23. The maximum absolute atomic E-state index is 10.6. The lowest BCUT2D eigenvalue weighted by molar-refractivity contribution is -0.0533. The minimum absolute atomic E-state index is 0.175. The molecule has 3 unspecified atom stereocenters. The van der Waals surface area contributed by atoms with Crippen molar-refractivity contribution in [2.24, 2.45) is 0 Å². The first kappa shape index (κ1) is 24.3. The monoisotopic (exact) mass is 547 g/mol. The number of benzene rings is 1. The molecular weight excluding hydrogens is 528 g/mol. The second-order valence-corrected chi connectivity index (χ2v) is 11.6. The summed E-state index contributed by atoms with van der Waals surface area (Å²) in [6, 6.07) is 5.09. The number of hydrogen-bond acceptors (Lipinski definition) is 11. The summed E-state index contributed by atoms with van der Waals surface area (Å²) in [6.45, 7) is -3.07. The second kappa shape index (κ2) is 9.55. The number of nitrogen functional groups attached to an aromatic ring is 1. The van der Waals surface area contributed by atoms with E-state index in [2.05, 4.69) is 15.0 Å². The first-order valence-corrected chi connectivity index (χ1v) is 13.5. The van der Waals surface area contributed by atoms with E-state index in [1.165, 1.54) is 17.2 Å². The Morgan fingerprint density at radius 2 is 2.06 bits per heavy atom. The van der Waals surface area contributed by atoms with Gasteiger partial charge in [0.15, 0.2) is 17.7 Å². The van der Waals surface area contributed by atoms with Gasteiger partial charge in [-0.2, -0.15) is 0 Å². The van der Waals surface area contributed by atoms with Crippen LogP contribution in [0.25, 0.3) is 11.2 Å². The number of imidazole rings is 1. The molecule has 0 saturated carbocycles. The smallest absolute Gasteiger partial charge is 0.327 e. The number of aliphatic hydroxyl groups excluding tert-OH is 2. The maximum atomic E-state index is 10.6. The zero-order chi connectivity index (χ0) is 24.0. The predicted octanol–water partition coefficient (Wildman–Crippen LogP) is 2.75. The molecule has 2 fully saturated rings. The van der Waals surface area contributed by atoms with Crippen LogP contribution in [0.4, 0.5) is 5.82 Å². The number of aliphatic hydroxyl groups is 2. The quantitative estimate of drug-likeness (QED) is 0.405. The Kier molecular flexibility index (Phi) is 6.81. The van der Waals surface area contributed by atoms with Crippen molar-refractivity contribution in [1.82, 2.24) is 19.5 Å². The maximum Gasteiger partial charge on any atom is 0.327 e. The van der Waals surface area contributed by atoms with E-state index in [-0.39, 0.29) is 12.4 Å². The van der Waals surface area contributed by atoms with Crippen LogP contribution in [0.1, 0.15) is 24.3 Å². The van der Waals surface area contributed by atoms with Crippen molar-refractivity contribution in [2.45, 2.75) is 37.1 Å². The van der Waals surface area contributed by atoms with Gasteiger partial charge < -0.3 is 34.3 Å². The average molecular weight is 548 g/mol. The lowest BCUT2D eigenvalue weighted by atomic mass is 10.1. The van der Waals surface area contributed by atoms with E-state index in [1.807, 2.05) is 0 Å². The molecule has 0 bridgehead atoms. The summed E-state index contributed by atoms with van der Waals surface area (Å²) in [7, 11) is 0. The molecule has 0 radical (unpaired) electrons. The highest BCUT2D eigenvalue weighted by Gasteiger charge is 2.45. The number of aromatic nitrogens is 4. The minimum Gasteiger partial charge on any atom is -0.387 e. The third-order valence-corrected chi connectivity index (χ3v) is 8.53. The van der Waals surface area contributed by atoms with Gasteiger partial charge in [0, 0.05) is 22.0 Å². The molecule has 3 aromatic rings. The summed E-state index contributed by atoms with van der Waals surface area (Å²) >= 11 is 17.9. The van der Waals surface area contributed by atoms with Crippen molar-refractivity contribution in [3.8, 4) is 0 Å². The van der Waals surface area contributed by atoms with Crippen LogP contribution in [0.2, 0.25) is 10.0 Å². The number of hydrogen-bond donors (Lipinski definition) is 3. The SMILES string of the molecule is Nc1ncnc2c1ncn2[C@@H]1O[C@H](COP2(=S)OCCC(c3cc(Cl)ccc3Cl)O2)C(O)[C@@H]1O. The number of fused-ring (bicyclic) bond motifs is 1. The van der Waals surface area contributed by atoms with Gasteiger partial charge in [0.25, 0.3) is 0 Å². The van der Waals surface area contributed by atoms with Gasteiger partial charge in [-0.25, -0.2) is 15.0 Å². The normalized spacial score (nSPS) is 31.8. The molecule has 34 heavy (non-hydrogen) atoms. The second-order valence-electron chi connectivity index (χ2n) is 7.75. The Morgan fingerprint density at radius 3 is 2.88 bits per heavy atom. The molecule has 15 heteroatoms. The van der Waals surface area contributed by atoms with Gasteiger partial charge in [-0.3, -0.25) is 4.57 Å². The van der Waals surface area contributed by atoms with Gasteiger partial charge >= 0.3 is 6.72 Å². The van der Waals surface area contributed by atoms with E-state index in [1.54, 1.807) is 18.2 Å². The molecule has 6 atom stereocenters. The Balaban J connectivity index is 1.28. The molecule has 0 amide bonds. The number of nitrogens with two attached hydrogens (primary N) is 1. The van der Waals surface area contributed by atoms with Gasteiger partial charge in [-0.05, 0) is 30.0 Å². The molecule has 0 spiro atoms. The zero-order valence-corrected chi connectivity index (χ0v) is 20.6. The Morgan fingerprint density at radius 1 is 1.24 bits per heavy atom. The van der Waals surface area contributed by atoms with E-state index in [0.29, 0.717) is 39.8 Å². The van der Waals surface area contributed by atoms with Gasteiger partial charge in [-0.1, -0.05) is 23.2 Å². The van der Waals surface area contributed by atoms with Gasteiger partial charge in [0.1, 0.15) is 30.2 Å². The van der Waals surface area contributed by atoms with Crippen LogP contribution in [0, 0.1) is 0 Å². The third-order valence-electron chi connectivity index (χ3n) is 5.59. The van der Waals surface area contributed by atoms with E-state index >= 15 is 0 Å². The van der Waals surface area contributed by atoms with Crippen molar-refractivity contribution in [1.29, 1.82) is 0 Å². The first-order valence-electron chi connectivity index (χ1n) is 10.2. The molecule has 2 aliphatic rings. The number of rotatable bonds is 5. The van der Waals surface area contributed by atoms with Gasteiger partial charge in [0.05, 0.1) is 25.6 Å². The molecule has 2 aromatic heterocycles. The molecule has 4 heterocycles. The number of ether oxygens (including phenoxy) is 1. The lowest BCUT2D eigenvalue weighted by Gasteiger charge is -2.33. The summed E-state index contributed by atoms with van der Waals surface area (Å²) < 4.78 is 24.8. The lowest BCUT2D eigenvalue weighted by Crippen LogP contribution is -2.34. The van der Waals surface area contributed by atoms with Crippen LogP contribution in [0.15, 0.2) is 30.9 Å². The van der Waals surface area contributed by atoms with Crippen LogP contribution in [0.3, 0.4) is 0 Å². The average Bonchev–Trinajstić information content (AvgIpc) is 3.36. The molecule has 5 rings (SSSR count). The third kappa shape index (κ3) is 4.56. The van der Waals surface area contributed by atoms with Crippen molar-refractivity contribution in [2.75, 3.05) is 18.9 Å². The molecule has 0 aliphatic carbocycles. The number of halogens is 2. The van der Waals surface area contributed by atoms with Crippen molar-refractivity contribution in [3.63, 3.8) is 0 Å². The van der Waals surface area contributed by atoms with Gasteiger partial charge in [0.2, 0.25) is 0 Å². The molecule has 4 N–H and O–H groups in total. The van der Waals surface area contributed by atoms with Crippen molar-refractivity contribution >= 4 is 58.7 Å². The Labute approximate surface area is 209 Å². The summed E-state index contributed by atoms with van der Waals surface area (Å²) in [5, 5.41) is 22.2. The minimum atomic E-state index is -3.19. The fourth-order valence-electron chi connectivity index (χ4n) is 3.87. The first-order chi connectivity index (χ1) is 16.3. The molecule has 182 valence electrons. The topological polar surface area (TPSA) is 147 Å². The highest BCUT2D eigenvalue weighted by Crippen LogP contribution is 2.58. The predicted molar refractivity (Wildman–Crippen MR) is 127 cm³/mol. The summed E-state index contributed by atoms with van der Waals surface area (Å²) in [4.78, 5) is 12.2. The van der Waals surface area contributed by atoms with Crippen LogP contribution in [0.5, 0.6) is 0 Å². The van der Waals surface area contributed by atoms with E-state index in [9.17, 15) is 10.2 Å².